The van der Waals surface area contributed by atoms with Gasteiger partial charge < -0.3 is 5.73 Å². The van der Waals surface area contributed by atoms with Crippen molar-refractivity contribution < 1.29 is 0 Å². The topological polar surface area (TPSA) is 43.8 Å². The zero-order valence-electron chi connectivity index (χ0n) is 12.1. The second kappa shape index (κ2) is 5.04. The summed E-state index contributed by atoms with van der Waals surface area (Å²) in [6.07, 6.45) is 0. The van der Waals surface area contributed by atoms with Crippen molar-refractivity contribution in [3.05, 3.63) is 51.7 Å². The van der Waals surface area contributed by atoms with Crippen LogP contribution in [0, 0.1) is 20.8 Å². The maximum atomic E-state index is 5.92. The Labute approximate surface area is 123 Å². The summed E-state index contributed by atoms with van der Waals surface area (Å²) in [4.78, 5) is 1.26. The van der Waals surface area contributed by atoms with Gasteiger partial charge in [-0.3, -0.25) is 4.68 Å². The SMILES string of the molecule is Cc1nn(Cc2c(CN)sc3ccccc23)c(C)c1C. The number of aryl methyl sites for hydroxylation is 1. The fourth-order valence-corrected chi connectivity index (χ4v) is 3.67. The zero-order valence-corrected chi connectivity index (χ0v) is 12.9. The third-order valence-corrected chi connectivity index (χ3v) is 5.25. The molecule has 0 aliphatic heterocycles. The van der Waals surface area contributed by atoms with Crippen molar-refractivity contribution in [2.24, 2.45) is 5.73 Å². The van der Waals surface area contributed by atoms with E-state index in [0.717, 1.165) is 12.2 Å². The third-order valence-electron chi connectivity index (χ3n) is 4.02. The van der Waals surface area contributed by atoms with Gasteiger partial charge in [0.25, 0.3) is 0 Å². The molecule has 0 aliphatic rings. The summed E-state index contributed by atoms with van der Waals surface area (Å²) in [5.41, 5.74) is 10.9. The van der Waals surface area contributed by atoms with Crippen LogP contribution in [-0.4, -0.2) is 9.78 Å². The zero-order chi connectivity index (χ0) is 14.3. The van der Waals surface area contributed by atoms with Gasteiger partial charge >= 0.3 is 0 Å². The predicted molar refractivity (Wildman–Crippen MR) is 85.3 cm³/mol. The minimum Gasteiger partial charge on any atom is -0.326 e. The monoisotopic (exact) mass is 285 g/mol. The molecule has 0 radical (unpaired) electrons. The van der Waals surface area contributed by atoms with Gasteiger partial charge in [-0.05, 0) is 43.4 Å². The van der Waals surface area contributed by atoms with Crippen LogP contribution in [0.2, 0.25) is 0 Å². The number of rotatable bonds is 3. The van der Waals surface area contributed by atoms with Gasteiger partial charge in [-0.2, -0.15) is 5.10 Å². The van der Waals surface area contributed by atoms with E-state index >= 15 is 0 Å². The molecule has 0 aliphatic carbocycles. The number of benzene rings is 1. The highest BCUT2D eigenvalue weighted by atomic mass is 32.1. The maximum Gasteiger partial charge on any atom is 0.0680 e. The Bertz CT molecular complexity index is 767. The molecule has 0 unspecified atom stereocenters. The molecular weight excluding hydrogens is 266 g/mol. The lowest BCUT2D eigenvalue weighted by Crippen LogP contribution is -2.07. The van der Waals surface area contributed by atoms with Crippen LogP contribution in [0.25, 0.3) is 10.1 Å². The van der Waals surface area contributed by atoms with Gasteiger partial charge in [0.1, 0.15) is 0 Å². The Kier molecular flexibility index (Phi) is 3.36. The van der Waals surface area contributed by atoms with E-state index in [1.807, 2.05) is 0 Å². The quantitative estimate of drug-likeness (QED) is 0.800. The molecule has 0 spiro atoms. The fraction of sp³-hybridized carbons (Fsp3) is 0.312. The van der Waals surface area contributed by atoms with E-state index in [0.29, 0.717) is 6.54 Å². The minimum atomic E-state index is 0.590. The van der Waals surface area contributed by atoms with Crippen molar-refractivity contribution in [2.75, 3.05) is 0 Å². The molecule has 0 amide bonds. The Balaban J connectivity index is 2.12. The highest BCUT2D eigenvalue weighted by molar-refractivity contribution is 7.19. The van der Waals surface area contributed by atoms with Crippen molar-refractivity contribution in [1.82, 2.24) is 9.78 Å². The highest BCUT2D eigenvalue weighted by Gasteiger charge is 2.14. The summed E-state index contributed by atoms with van der Waals surface area (Å²) in [7, 11) is 0. The van der Waals surface area contributed by atoms with Gasteiger partial charge in [-0.1, -0.05) is 18.2 Å². The summed E-state index contributed by atoms with van der Waals surface area (Å²) in [6.45, 7) is 7.72. The number of fused-ring (bicyclic) bond motifs is 1. The van der Waals surface area contributed by atoms with Crippen molar-refractivity contribution in [1.29, 1.82) is 0 Å². The Morgan fingerprint density at radius 3 is 2.60 bits per heavy atom. The molecule has 0 atom stereocenters. The molecule has 2 aromatic heterocycles. The summed E-state index contributed by atoms with van der Waals surface area (Å²) >= 11 is 1.79. The minimum absolute atomic E-state index is 0.590. The third kappa shape index (κ3) is 2.05. The Morgan fingerprint density at radius 2 is 1.95 bits per heavy atom. The predicted octanol–water partition coefficient (Wildman–Crippen LogP) is 3.53. The van der Waals surface area contributed by atoms with Crippen LogP contribution in [0.4, 0.5) is 0 Å². The Morgan fingerprint density at radius 1 is 1.20 bits per heavy atom. The lowest BCUT2D eigenvalue weighted by molar-refractivity contribution is 0.659. The van der Waals surface area contributed by atoms with Crippen LogP contribution in [0.1, 0.15) is 27.4 Å². The number of hydrogen-bond acceptors (Lipinski definition) is 3. The first-order chi connectivity index (χ1) is 9.61. The van der Waals surface area contributed by atoms with Crippen LogP contribution in [0.15, 0.2) is 24.3 Å². The lowest BCUT2D eigenvalue weighted by atomic mass is 10.1. The average Bonchev–Trinajstić information content (AvgIpc) is 2.93. The van der Waals surface area contributed by atoms with Gasteiger partial charge in [0.15, 0.2) is 0 Å². The molecule has 3 aromatic rings. The van der Waals surface area contributed by atoms with Gasteiger partial charge in [-0.25, -0.2) is 0 Å². The van der Waals surface area contributed by atoms with E-state index in [4.69, 9.17) is 5.73 Å². The molecule has 3 rings (SSSR count). The maximum absolute atomic E-state index is 5.92. The molecule has 0 fully saturated rings. The number of hydrogen-bond donors (Lipinski definition) is 1. The molecule has 1 aromatic carbocycles. The number of nitrogens with zero attached hydrogens (tertiary/aromatic N) is 2. The number of nitrogens with two attached hydrogens (primary N) is 1. The summed E-state index contributed by atoms with van der Waals surface area (Å²) in [5, 5.41) is 5.96. The first-order valence-corrected chi connectivity index (χ1v) is 7.63. The van der Waals surface area contributed by atoms with Gasteiger partial charge in [0, 0.05) is 21.8 Å². The fourth-order valence-electron chi connectivity index (χ4n) is 2.58. The van der Waals surface area contributed by atoms with Crippen molar-refractivity contribution in [3.8, 4) is 0 Å². The van der Waals surface area contributed by atoms with E-state index in [1.54, 1.807) is 11.3 Å². The summed E-state index contributed by atoms with van der Waals surface area (Å²) in [6, 6.07) is 8.51. The van der Waals surface area contributed by atoms with Crippen molar-refractivity contribution in [2.45, 2.75) is 33.9 Å². The lowest BCUT2D eigenvalue weighted by Gasteiger charge is -2.06. The molecule has 2 heterocycles. The summed E-state index contributed by atoms with van der Waals surface area (Å²) in [5.74, 6) is 0. The Hall–Kier alpha value is -1.65. The van der Waals surface area contributed by atoms with Crippen molar-refractivity contribution >= 4 is 21.4 Å². The highest BCUT2D eigenvalue weighted by Crippen LogP contribution is 2.32. The van der Waals surface area contributed by atoms with E-state index in [9.17, 15) is 0 Å². The molecule has 2 N–H and O–H groups in total. The second-order valence-electron chi connectivity index (χ2n) is 5.16. The van der Waals surface area contributed by atoms with E-state index in [1.165, 1.54) is 31.8 Å². The molecule has 20 heavy (non-hydrogen) atoms. The summed E-state index contributed by atoms with van der Waals surface area (Å²) < 4.78 is 3.40. The molecule has 3 nitrogen and oxygen atoms in total. The number of aromatic nitrogens is 2. The second-order valence-corrected chi connectivity index (χ2v) is 6.29. The largest absolute Gasteiger partial charge is 0.326 e. The van der Waals surface area contributed by atoms with Crippen LogP contribution in [-0.2, 0) is 13.1 Å². The molecule has 0 saturated heterocycles. The van der Waals surface area contributed by atoms with Crippen LogP contribution in [0.3, 0.4) is 0 Å². The molecule has 0 saturated carbocycles. The first-order valence-electron chi connectivity index (χ1n) is 6.81. The first kappa shape index (κ1) is 13.3. The molecule has 104 valence electrons. The van der Waals surface area contributed by atoms with Gasteiger partial charge in [0.2, 0.25) is 0 Å². The molecule has 4 heteroatoms. The van der Waals surface area contributed by atoms with E-state index in [2.05, 4.69) is 54.8 Å². The van der Waals surface area contributed by atoms with Crippen molar-refractivity contribution in [3.63, 3.8) is 0 Å². The average molecular weight is 285 g/mol. The van der Waals surface area contributed by atoms with Crippen LogP contribution in [0.5, 0.6) is 0 Å². The smallest absolute Gasteiger partial charge is 0.0680 e. The van der Waals surface area contributed by atoms with Crippen LogP contribution < -0.4 is 5.73 Å². The number of thiophene rings is 1. The molecule has 0 bridgehead atoms. The normalized spacial score (nSPS) is 11.4. The van der Waals surface area contributed by atoms with Crippen LogP contribution >= 0.6 is 11.3 Å². The molecular formula is C16H19N3S. The van der Waals surface area contributed by atoms with E-state index in [-0.39, 0.29) is 0 Å². The van der Waals surface area contributed by atoms with E-state index < -0.39 is 0 Å². The standard InChI is InChI=1S/C16H19N3S/c1-10-11(2)18-19(12(10)3)9-14-13-6-4-5-7-15(13)20-16(14)8-17/h4-7H,8-9,17H2,1-3H3. The van der Waals surface area contributed by atoms with Gasteiger partial charge in [0.05, 0.1) is 12.2 Å². The van der Waals surface area contributed by atoms with Gasteiger partial charge in [-0.15, -0.1) is 11.3 Å².